The molecule has 2 aromatic heterocycles. The van der Waals surface area contributed by atoms with E-state index in [1.807, 2.05) is 6.92 Å². The maximum atomic E-state index is 14.2. The third-order valence-electron chi connectivity index (χ3n) is 8.75. The van der Waals surface area contributed by atoms with Crippen molar-refractivity contribution in [1.82, 2.24) is 29.3 Å². The van der Waals surface area contributed by atoms with Crippen LogP contribution < -0.4 is 4.31 Å². The Morgan fingerprint density at radius 1 is 1.17 bits per heavy atom. The van der Waals surface area contributed by atoms with Gasteiger partial charge in [-0.15, -0.1) is 5.10 Å². The van der Waals surface area contributed by atoms with E-state index >= 15 is 0 Å². The molecule has 3 heterocycles. The van der Waals surface area contributed by atoms with E-state index in [4.69, 9.17) is 24.2 Å². The number of ether oxygens (including phenoxy) is 3. The molecular formula is C30H39F2N7O7S2. The number of aromatic nitrogens is 5. The first kappa shape index (κ1) is 34.8. The van der Waals surface area contributed by atoms with E-state index in [9.17, 15) is 27.1 Å². The zero-order valence-electron chi connectivity index (χ0n) is 27.4. The standard InChI is InChI=1S/C30H39F2N7O7S2/c1-7-11-47-29-33-26-23(27(34-29)39(48(42,43)37(5)6)19-13-16(19)15-9-10-17(31)18(32)12-15)35-36-38(26)20-14-22(44-21(8-2)28(40)41)25-24(20)45-30(3,4)46-25/h9-10,12,16,19-22,24-25H,7-8,11,13-14H2,1-6H3,(H,40,41)/t16-,19+,20+,21?,22-,24-,25+/m0/s1. The molecule has 1 aliphatic heterocycles. The summed E-state index contributed by atoms with van der Waals surface area (Å²) in [6, 6.07) is 2.34. The number of hydrogen-bond acceptors (Lipinski definition) is 11. The average molecular weight is 712 g/mol. The molecule has 1 saturated heterocycles. The molecule has 6 rings (SSSR count). The molecule has 3 fully saturated rings. The maximum Gasteiger partial charge on any atom is 0.332 e. The van der Waals surface area contributed by atoms with Gasteiger partial charge in [0.1, 0.15) is 12.2 Å². The summed E-state index contributed by atoms with van der Waals surface area (Å²) in [5, 5.41) is 18.8. The van der Waals surface area contributed by atoms with Gasteiger partial charge in [0.2, 0.25) is 0 Å². The Morgan fingerprint density at radius 2 is 1.90 bits per heavy atom. The third-order valence-corrected chi connectivity index (χ3v) is 11.7. The Hall–Kier alpha value is -3.03. The van der Waals surface area contributed by atoms with Crippen LogP contribution in [0.1, 0.15) is 70.9 Å². The summed E-state index contributed by atoms with van der Waals surface area (Å²) >= 11 is 1.34. The van der Waals surface area contributed by atoms with Gasteiger partial charge in [-0.25, -0.2) is 32.5 Å². The third kappa shape index (κ3) is 6.37. The molecule has 48 heavy (non-hydrogen) atoms. The number of nitrogens with zero attached hydrogens (tertiary/aromatic N) is 7. The second-order valence-corrected chi connectivity index (χ2v) is 15.9. The molecular weight excluding hydrogens is 673 g/mol. The number of anilines is 1. The number of carboxylic acid groups (broad SMARTS) is 1. The van der Waals surface area contributed by atoms with E-state index < -0.39 is 76.0 Å². The molecule has 2 saturated carbocycles. The van der Waals surface area contributed by atoms with Crippen LogP contribution in [0.4, 0.5) is 14.6 Å². The first-order valence-corrected chi connectivity index (χ1v) is 18.2. The molecule has 0 radical (unpaired) electrons. The lowest BCUT2D eigenvalue weighted by Gasteiger charge is -2.27. The molecule has 0 bridgehead atoms. The highest BCUT2D eigenvalue weighted by molar-refractivity contribution is 7.99. The molecule has 1 N–H and O–H groups in total. The molecule has 2 aliphatic carbocycles. The van der Waals surface area contributed by atoms with Gasteiger partial charge in [0.05, 0.1) is 18.2 Å². The van der Waals surface area contributed by atoms with Gasteiger partial charge >= 0.3 is 16.2 Å². The van der Waals surface area contributed by atoms with Gasteiger partial charge in [0, 0.05) is 32.2 Å². The van der Waals surface area contributed by atoms with Gasteiger partial charge in [-0.05, 0) is 50.8 Å². The summed E-state index contributed by atoms with van der Waals surface area (Å²) in [4.78, 5) is 21.3. The van der Waals surface area contributed by atoms with Crippen molar-refractivity contribution >= 4 is 44.9 Å². The van der Waals surface area contributed by atoms with Crippen molar-refractivity contribution in [3.8, 4) is 0 Å². The molecule has 0 spiro atoms. The van der Waals surface area contributed by atoms with Gasteiger partial charge in [-0.3, -0.25) is 0 Å². The van der Waals surface area contributed by atoms with E-state index in [1.165, 1.54) is 36.2 Å². The largest absolute Gasteiger partial charge is 0.479 e. The van der Waals surface area contributed by atoms with Crippen molar-refractivity contribution in [2.24, 2.45) is 0 Å². The molecule has 14 nitrogen and oxygen atoms in total. The highest BCUT2D eigenvalue weighted by Gasteiger charge is 2.57. The second-order valence-electron chi connectivity index (χ2n) is 12.8. The van der Waals surface area contributed by atoms with Crippen LogP contribution in [0.3, 0.4) is 0 Å². The predicted octanol–water partition coefficient (Wildman–Crippen LogP) is 3.88. The van der Waals surface area contributed by atoms with E-state index in [2.05, 4.69) is 10.3 Å². The quantitative estimate of drug-likeness (QED) is 0.202. The number of aliphatic carboxylic acids is 1. The summed E-state index contributed by atoms with van der Waals surface area (Å²) < 4.78 is 78.2. The summed E-state index contributed by atoms with van der Waals surface area (Å²) in [6.45, 7) is 7.24. The van der Waals surface area contributed by atoms with Crippen LogP contribution in [0.15, 0.2) is 23.4 Å². The zero-order chi connectivity index (χ0) is 34.7. The Labute approximate surface area is 281 Å². The molecule has 18 heteroatoms. The van der Waals surface area contributed by atoms with Crippen molar-refractivity contribution < 1.29 is 41.3 Å². The predicted molar refractivity (Wildman–Crippen MR) is 171 cm³/mol. The SMILES string of the molecule is CCCSc1nc(N([C@@H]2C[C@H]2c2ccc(F)c(F)c2)S(=O)(=O)N(C)C)c2nnn([C@@H]3C[C@H](OC(CC)C(=O)O)[C@H]4OC(C)(C)O[C@H]43)c2n1. The monoisotopic (exact) mass is 711 g/mol. The number of rotatable bonds is 13. The van der Waals surface area contributed by atoms with Crippen molar-refractivity contribution in [2.75, 3.05) is 24.2 Å². The van der Waals surface area contributed by atoms with Crippen LogP contribution in [0, 0.1) is 11.6 Å². The Kier molecular flexibility index (Phi) is 9.44. The van der Waals surface area contributed by atoms with Crippen molar-refractivity contribution in [3.05, 3.63) is 35.4 Å². The number of thioether (sulfide) groups is 1. The molecule has 262 valence electrons. The number of carbonyl (C=O) groups is 1. The summed E-state index contributed by atoms with van der Waals surface area (Å²) in [7, 11) is -1.39. The van der Waals surface area contributed by atoms with Gasteiger partial charge in [0.25, 0.3) is 0 Å². The van der Waals surface area contributed by atoms with E-state index in [1.54, 1.807) is 25.5 Å². The number of benzene rings is 1. The van der Waals surface area contributed by atoms with Gasteiger partial charge in [-0.1, -0.05) is 36.9 Å². The second kappa shape index (κ2) is 13.0. The van der Waals surface area contributed by atoms with Crippen molar-refractivity contribution in [1.29, 1.82) is 0 Å². The van der Waals surface area contributed by atoms with E-state index in [0.29, 0.717) is 22.9 Å². The summed E-state index contributed by atoms with van der Waals surface area (Å²) in [6.07, 6.45) is -1.25. The van der Waals surface area contributed by atoms with Gasteiger partial charge < -0.3 is 19.3 Å². The molecule has 7 atom stereocenters. The van der Waals surface area contributed by atoms with Crippen molar-refractivity contribution in [2.45, 2.75) is 107 Å². The minimum atomic E-state index is -4.19. The van der Waals surface area contributed by atoms with Crippen LogP contribution in [0.5, 0.6) is 0 Å². The summed E-state index contributed by atoms with van der Waals surface area (Å²) in [5.41, 5.74) is 0.835. The smallest absolute Gasteiger partial charge is 0.332 e. The average Bonchev–Trinajstić information content (AvgIpc) is 3.40. The zero-order valence-corrected chi connectivity index (χ0v) is 29.0. The van der Waals surface area contributed by atoms with Crippen LogP contribution in [0.25, 0.3) is 11.2 Å². The van der Waals surface area contributed by atoms with Gasteiger partial charge in [-0.2, -0.15) is 12.7 Å². The molecule has 1 unspecified atom stereocenters. The highest BCUT2D eigenvalue weighted by Crippen LogP contribution is 2.50. The molecule has 0 amide bonds. The number of halogens is 2. The van der Waals surface area contributed by atoms with Gasteiger partial charge in [0.15, 0.2) is 45.7 Å². The number of carboxylic acids is 1. The van der Waals surface area contributed by atoms with E-state index in [0.717, 1.165) is 22.9 Å². The van der Waals surface area contributed by atoms with Crippen LogP contribution in [0.2, 0.25) is 0 Å². The maximum absolute atomic E-state index is 14.2. The number of fused-ring (bicyclic) bond motifs is 2. The van der Waals surface area contributed by atoms with Crippen molar-refractivity contribution in [3.63, 3.8) is 0 Å². The lowest BCUT2D eigenvalue weighted by molar-refractivity contribution is -0.181. The Bertz CT molecular complexity index is 1810. The van der Waals surface area contributed by atoms with Crippen LogP contribution >= 0.6 is 11.8 Å². The Balaban J connectivity index is 1.45. The summed E-state index contributed by atoms with van der Waals surface area (Å²) in [5.74, 6) is -3.85. The number of hydrogen-bond donors (Lipinski definition) is 1. The minimum absolute atomic E-state index is 0.0110. The first-order valence-electron chi connectivity index (χ1n) is 15.8. The van der Waals surface area contributed by atoms with Crippen LogP contribution in [-0.4, -0.2) is 105 Å². The molecule has 3 aromatic rings. The van der Waals surface area contributed by atoms with Crippen LogP contribution in [-0.2, 0) is 29.2 Å². The topological polar surface area (TPSA) is 162 Å². The fraction of sp³-hybridized carbons (Fsp3) is 0.633. The highest BCUT2D eigenvalue weighted by atomic mass is 32.2. The minimum Gasteiger partial charge on any atom is -0.479 e. The molecule has 1 aromatic carbocycles. The lowest BCUT2D eigenvalue weighted by Crippen LogP contribution is -2.43. The fourth-order valence-electron chi connectivity index (χ4n) is 6.41. The normalized spacial score (nSPS) is 27.0. The Morgan fingerprint density at radius 3 is 2.54 bits per heavy atom. The fourth-order valence-corrected chi connectivity index (χ4v) is 8.37. The van der Waals surface area contributed by atoms with E-state index in [-0.39, 0.29) is 29.8 Å². The molecule has 3 aliphatic rings. The lowest BCUT2D eigenvalue weighted by atomic mass is 10.1. The first-order chi connectivity index (χ1) is 22.7.